The van der Waals surface area contributed by atoms with Gasteiger partial charge in [0, 0.05) is 35.8 Å². The Balaban J connectivity index is 1.51. The summed E-state index contributed by atoms with van der Waals surface area (Å²) in [5, 5.41) is 10.7. The van der Waals surface area contributed by atoms with Gasteiger partial charge < -0.3 is 14.2 Å². The van der Waals surface area contributed by atoms with Crippen LogP contribution in [0.4, 0.5) is 0 Å². The topological polar surface area (TPSA) is 58.3 Å². The van der Waals surface area contributed by atoms with Crippen molar-refractivity contribution >= 4 is 22.9 Å². The Morgan fingerprint density at radius 3 is 2.45 bits per heavy atom. The summed E-state index contributed by atoms with van der Waals surface area (Å²) in [4.78, 5) is 14.5. The molecule has 0 aliphatic carbocycles. The van der Waals surface area contributed by atoms with Gasteiger partial charge in [0.05, 0.1) is 6.54 Å². The molecule has 2 heterocycles. The number of aromatic nitrogens is 1. The molecule has 33 heavy (non-hydrogen) atoms. The van der Waals surface area contributed by atoms with Crippen LogP contribution >= 0.6 is 0 Å². The highest BCUT2D eigenvalue weighted by atomic mass is 16.5. The molecule has 0 spiro atoms. The minimum Gasteiger partial charge on any atom is -0.492 e. The van der Waals surface area contributed by atoms with Crippen LogP contribution < -0.4 is 4.74 Å². The summed E-state index contributed by atoms with van der Waals surface area (Å²) in [6.45, 7) is 9.24. The number of rotatable bonds is 6. The van der Waals surface area contributed by atoms with Crippen molar-refractivity contribution in [1.82, 2.24) is 9.47 Å². The summed E-state index contributed by atoms with van der Waals surface area (Å²) in [5.74, 6) is 0.677. The maximum Gasteiger partial charge on any atom is 0.264 e. The number of hydrogen-bond donors (Lipinski definition) is 0. The molecule has 2 aromatic carbocycles. The van der Waals surface area contributed by atoms with Crippen molar-refractivity contribution < 1.29 is 9.53 Å². The quantitative estimate of drug-likeness (QED) is 0.372. The first-order chi connectivity index (χ1) is 15.9. The number of carbonyl (C=O) groups is 1. The van der Waals surface area contributed by atoms with E-state index >= 15 is 0 Å². The number of benzene rings is 2. The van der Waals surface area contributed by atoms with E-state index in [1.54, 1.807) is 11.0 Å². The average Bonchev–Trinajstić information content (AvgIpc) is 3.46. The van der Waals surface area contributed by atoms with E-state index < -0.39 is 0 Å². The molecule has 1 amide bonds. The maximum absolute atomic E-state index is 12.7. The molecule has 4 rings (SSSR count). The van der Waals surface area contributed by atoms with Gasteiger partial charge in [0.15, 0.2) is 0 Å². The van der Waals surface area contributed by atoms with Gasteiger partial charge in [-0.15, -0.1) is 0 Å². The molecule has 0 bridgehead atoms. The van der Waals surface area contributed by atoms with Crippen molar-refractivity contribution in [3.8, 4) is 11.8 Å². The fraction of sp³-hybridized carbons (Fsp3) is 0.357. The van der Waals surface area contributed by atoms with Gasteiger partial charge >= 0.3 is 0 Å². The van der Waals surface area contributed by atoms with E-state index in [2.05, 4.69) is 49.6 Å². The summed E-state index contributed by atoms with van der Waals surface area (Å²) in [7, 11) is 0. The van der Waals surface area contributed by atoms with E-state index in [1.165, 1.54) is 5.56 Å². The normalized spacial score (nSPS) is 14.5. The Labute approximate surface area is 195 Å². The number of carbonyl (C=O) groups excluding carboxylic acids is 1. The van der Waals surface area contributed by atoms with Gasteiger partial charge in [0.25, 0.3) is 5.91 Å². The van der Waals surface area contributed by atoms with Crippen LogP contribution in [0.3, 0.4) is 0 Å². The summed E-state index contributed by atoms with van der Waals surface area (Å²) in [5.41, 5.74) is 3.52. The van der Waals surface area contributed by atoms with Gasteiger partial charge in [-0.3, -0.25) is 4.79 Å². The lowest BCUT2D eigenvalue weighted by Crippen LogP contribution is -2.28. The van der Waals surface area contributed by atoms with Crippen molar-refractivity contribution in [2.45, 2.75) is 45.6 Å². The number of nitrogens with zero attached hydrogens (tertiary/aromatic N) is 3. The highest BCUT2D eigenvalue weighted by Gasteiger charge is 2.22. The van der Waals surface area contributed by atoms with Crippen molar-refractivity contribution in [3.63, 3.8) is 0 Å². The van der Waals surface area contributed by atoms with E-state index in [4.69, 9.17) is 4.74 Å². The van der Waals surface area contributed by atoms with E-state index in [0.717, 1.165) is 48.1 Å². The van der Waals surface area contributed by atoms with Crippen LogP contribution in [0.25, 0.3) is 17.0 Å². The van der Waals surface area contributed by atoms with Crippen LogP contribution in [0.1, 0.15) is 44.7 Å². The Morgan fingerprint density at radius 2 is 1.79 bits per heavy atom. The van der Waals surface area contributed by atoms with Crippen molar-refractivity contribution in [2.24, 2.45) is 0 Å². The molecule has 1 aliphatic rings. The number of ether oxygens (including phenoxy) is 1. The Hall–Kier alpha value is -3.52. The van der Waals surface area contributed by atoms with Crippen LogP contribution in [0.2, 0.25) is 0 Å². The molecule has 5 heteroatoms. The van der Waals surface area contributed by atoms with Crippen LogP contribution in [-0.2, 0) is 16.8 Å². The van der Waals surface area contributed by atoms with Gasteiger partial charge in [-0.1, -0.05) is 51.1 Å². The largest absolute Gasteiger partial charge is 0.492 e. The molecular weight excluding hydrogens is 410 g/mol. The van der Waals surface area contributed by atoms with E-state index in [0.29, 0.717) is 13.2 Å². The molecule has 0 atom stereocenters. The zero-order valence-electron chi connectivity index (χ0n) is 19.7. The number of nitriles is 1. The maximum atomic E-state index is 12.7. The number of amides is 1. The third-order valence-electron chi connectivity index (χ3n) is 6.18. The summed E-state index contributed by atoms with van der Waals surface area (Å²) >= 11 is 0. The van der Waals surface area contributed by atoms with Gasteiger partial charge in [-0.25, -0.2) is 0 Å². The second-order valence-corrected chi connectivity index (χ2v) is 9.59. The fourth-order valence-corrected chi connectivity index (χ4v) is 4.28. The van der Waals surface area contributed by atoms with E-state index in [1.807, 2.05) is 36.5 Å². The third-order valence-corrected chi connectivity index (χ3v) is 6.18. The fourth-order valence-electron chi connectivity index (χ4n) is 4.28. The number of likely N-dealkylation sites (tertiary alicyclic amines) is 1. The first kappa shape index (κ1) is 22.7. The summed E-state index contributed by atoms with van der Waals surface area (Å²) in [6.07, 6.45) is 5.74. The minimum absolute atomic E-state index is 0.116. The predicted octanol–water partition coefficient (Wildman–Crippen LogP) is 5.55. The SMILES string of the molecule is CC(C)(C)c1ccc(OCCn2cc(/C=C(\C#N)C(=O)N3CCCC3)c3ccccc32)cc1. The number of para-hydroxylation sites is 1. The molecule has 1 aliphatic heterocycles. The van der Waals surface area contributed by atoms with E-state index in [9.17, 15) is 10.1 Å². The Morgan fingerprint density at radius 1 is 1.09 bits per heavy atom. The van der Waals surface area contributed by atoms with Gasteiger partial charge in [0.1, 0.15) is 24.0 Å². The zero-order valence-corrected chi connectivity index (χ0v) is 19.7. The second-order valence-electron chi connectivity index (χ2n) is 9.59. The summed E-state index contributed by atoms with van der Waals surface area (Å²) in [6, 6.07) is 18.4. The van der Waals surface area contributed by atoms with Gasteiger partial charge in [0.2, 0.25) is 0 Å². The molecule has 0 radical (unpaired) electrons. The molecule has 1 aromatic heterocycles. The molecule has 1 fully saturated rings. The predicted molar refractivity (Wildman–Crippen MR) is 132 cm³/mol. The molecule has 170 valence electrons. The van der Waals surface area contributed by atoms with Gasteiger partial charge in [-0.2, -0.15) is 5.26 Å². The Kier molecular flexibility index (Phi) is 6.55. The van der Waals surface area contributed by atoms with Crippen LogP contribution in [0.5, 0.6) is 5.75 Å². The summed E-state index contributed by atoms with van der Waals surface area (Å²) < 4.78 is 8.12. The van der Waals surface area contributed by atoms with Crippen molar-refractivity contribution in [3.05, 3.63) is 71.4 Å². The monoisotopic (exact) mass is 441 g/mol. The minimum atomic E-state index is -0.172. The molecule has 1 saturated heterocycles. The zero-order chi connectivity index (χ0) is 23.4. The lowest BCUT2D eigenvalue weighted by Gasteiger charge is -2.19. The molecule has 0 N–H and O–H groups in total. The van der Waals surface area contributed by atoms with Crippen LogP contribution in [0.15, 0.2) is 60.3 Å². The highest BCUT2D eigenvalue weighted by Crippen LogP contribution is 2.26. The number of hydrogen-bond acceptors (Lipinski definition) is 3. The van der Waals surface area contributed by atoms with Crippen molar-refractivity contribution in [2.75, 3.05) is 19.7 Å². The van der Waals surface area contributed by atoms with E-state index in [-0.39, 0.29) is 16.9 Å². The molecule has 5 nitrogen and oxygen atoms in total. The molecular formula is C28H31N3O2. The average molecular weight is 442 g/mol. The number of fused-ring (bicyclic) bond motifs is 1. The van der Waals surface area contributed by atoms with Crippen LogP contribution in [-0.4, -0.2) is 35.1 Å². The molecule has 0 unspecified atom stereocenters. The second kappa shape index (κ2) is 9.54. The molecule has 3 aromatic rings. The Bertz CT molecular complexity index is 1200. The first-order valence-corrected chi connectivity index (χ1v) is 11.6. The molecule has 0 saturated carbocycles. The smallest absolute Gasteiger partial charge is 0.264 e. The lowest BCUT2D eigenvalue weighted by molar-refractivity contribution is -0.125. The van der Waals surface area contributed by atoms with Gasteiger partial charge in [-0.05, 0) is 48.1 Å². The third kappa shape index (κ3) is 5.12. The highest BCUT2D eigenvalue weighted by molar-refractivity contribution is 6.04. The van der Waals surface area contributed by atoms with Crippen molar-refractivity contribution in [1.29, 1.82) is 5.26 Å². The first-order valence-electron chi connectivity index (χ1n) is 11.6. The van der Waals surface area contributed by atoms with Crippen LogP contribution in [0, 0.1) is 11.3 Å². The lowest BCUT2D eigenvalue weighted by atomic mass is 9.87. The standard InChI is InChI=1S/C28H31N3O2/c1-28(2,3)23-10-12-24(13-11-23)33-17-16-31-20-22(25-8-4-5-9-26(25)31)18-21(19-29)27(32)30-14-6-7-15-30/h4-5,8-13,18,20H,6-7,14-17H2,1-3H3/b21-18+.